The summed E-state index contributed by atoms with van der Waals surface area (Å²) in [5, 5.41) is 3.24. The zero-order valence-corrected chi connectivity index (χ0v) is 13.7. The van der Waals surface area contributed by atoms with E-state index in [1.165, 1.54) is 11.8 Å². The number of rotatable bonds is 4. The molecule has 1 N–H and O–H groups in total. The lowest BCUT2D eigenvalue weighted by molar-refractivity contribution is -0.120. The van der Waals surface area contributed by atoms with Gasteiger partial charge in [-0.05, 0) is 25.5 Å². The largest absolute Gasteiger partial charge is 0.431 e. The van der Waals surface area contributed by atoms with Crippen LogP contribution in [-0.2, 0) is 14.6 Å². The van der Waals surface area contributed by atoms with Crippen molar-refractivity contribution >= 4 is 38.6 Å². The van der Waals surface area contributed by atoms with Crippen LogP contribution in [0.3, 0.4) is 0 Å². The van der Waals surface area contributed by atoms with Gasteiger partial charge in [0, 0.05) is 0 Å². The lowest BCUT2D eigenvalue weighted by Crippen LogP contribution is -2.47. The third-order valence-electron chi connectivity index (χ3n) is 3.55. The number of aromatic nitrogens is 1. The van der Waals surface area contributed by atoms with Crippen LogP contribution in [0.1, 0.15) is 13.3 Å². The van der Waals surface area contributed by atoms with Crippen molar-refractivity contribution in [1.82, 2.24) is 10.3 Å². The molecule has 0 unspecified atom stereocenters. The smallest absolute Gasteiger partial charge is 0.257 e. The summed E-state index contributed by atoms with van der Waals surface area (Å²) in [6.07, 6.45) is 0.453. The van der Waals surface area contributed by atoms with E-state index in [9.17, 15) is 13.2 Å². The fourth-order valence-electron chi connectivity index (χ4n) is 2.52. The summed E-state index contributed by atoms with van der Waals surface area (Å²) in [6.45, 7) is 1.76. The van der Waals surface area contributed by atoms with Crippen LogP contribution in [0.25, 0.3) is 11.1 Å². The zero-order valence-electron chi connectivity index (χ0n) is 12.0. The monoisotopic (exact) mass is 340 g/mol. The van der Waals surface area contributed by atoms with Crippen molar-refractivity contribution in [3.8, 4) is 0 Å². The van der Waals surface area contributed by atoms with Gasteiger partial charge in [-0.3, -0.25) is 4.79 Å². The summed E-state index contributed by atoms with van der Waals surface area (Å²) in [5.41, 5.74) is 0.760. The highest BCUT2D eigenvalue weighted by molar-refractivity contribution is 7.99. The molecule has 0 saturated carbocycles. The number of para-hydroxylation sites is 2. The second-order valence-corrected chi connectivity index (χ2v) is 8.80. The number of hydrogen-bond acceptors (Lipinski definition) is 6. The molecular weight excluding hydrogens is 324 g/mol. The van der Waals surface area contributed by atoms with E-state index in [-0.39, 0.29) is 23.2 Å². The first-order chi connectivity index (χ1) is 10.4. The van der Waals surface area contributed by atoms with Crippen molar-refractivity contribution in [3.05, 3.63) is 24.3 Å². The quantitative estimate of drug-likeness (QED) is 0.851. The van der Waals surface area contributed by atoms with E-state index in [1.54, 1.807) is 6.92 Å². The van der Waals surface area contributed by atoms with Crippen molar-refractivity contribution in [3.63, 3.8) is 0 Å². The van der Waals surface area contributed by atoms with Gasteiger partial charge in [0.05, 0.1) is 22.8 Å². The van der Waals surface area contributed by atoms with Crippen molar-refractivity contribution in [2.45, 2.75) is 24.1 Å². The van der Waals surface area contributed by atoms with Crippen LogP contribution in [0.5, 0.6) is 0 Å². The van der Waals surface area contributed by atoms with Gasteiger partial charge < -0.3 is 9.73 Å². The molecule has 1 fully saturated rings. The number of carbonyl (C=O) groups excluding carboxylic acids is 1. The Labute approximate surface area is 132 Å². The molecule has 8 heteroatoms. The first-order valence-electron chi connectivity index (χ1n) is 6.85. The Bertz CT molecular complexity index is 782. The van der Waals surface area contributed by atoms with Gasteiger partial charge in [-0.15, -0.1) is 0 Å². The number of amides is 1. The van der Waals surface area contributed by atoms with E-state index in [0.29, 0.717) is 17.2 Å². The summed E-state index contributed by atoms with van der Waals surface area (Å²) >= 11 is 1.20. The van der Waals surface area contributed by atoms with E-state index in [1.807, 2.05) is 24.3 Å². The van der Waals surface area contributed by atoms with E-state index in [4.69, 9.17) is 4.42 Å². The standard InChI is InChI=1S/C14H16N2O4S2/c1-14(6-7-22(18,19)9-14)16-12(17)8-21-13-15-10-4-2-3-5-11(10)20-13/h2-5H,6-9H2,1H3,(H,16,17)/t14-/m1/s1. The number of carbonyl (C=O) groups is 1. The third kappa shape index (κ3) is 3.44. The highest BCUT2D eigenvalue weighted by Crippen LogP contribution is 2.25. The van der Waals surface area contributed by atoms with Crippen LogP contribution >= 0.6 is 11.8 Å². The SMILES string of the molecule is C[C@@]1(NC(=O)CSc2nc3ccccc3o2)CCS(=O)(=O)C1. The Hall–Kier alpha value is -1.54. The van der Waals surface area contributed by atoms with E-state index < -0.39 is 15.4 Å². The molecular formula is C14H16N2O4S2. The van der Waals surface area contributed by atoms with Crippen LogP contribution in [-0.4, -0.2) is 42.1 Å². The first kappa shape index (κ1) is 15.4. The predicted molar refractivity (Wildman–Crippen MR) is 84.6 cm³/mol. The van der Waals surface area contributed by atoms with Gasteiger partial charge in [-0.2, -0.15) is 0 Å². The maximum atomic E-state index is 12.0. The first-order valence-corrected chi connectivity index (χ1v) is 9.66. The maximum absolute atomic E-state index is 12.0. The molecule has 1 aromatic heterocycles. The minimum atomic E-state index is -3.04. The Balaban J connectivity index is 1.58. The second-order valence-electron chi connectivity index (χ2n) is 5.69. The molecule has 22 heavy (non-hydrogen) atoms. The molecule has 0 radical (unpaired) electrons. The molecule has 1 aromatic carbocycles. The summed E-state index contributed by atoms with van der Waals surface area (Å²) in [7, 11) is -3.04. The molecule has 3 rings (SSSR count). The predicted octanol–water partition coefficient (Wildman–Crippen LogP) is 1.61. The Morgan fingerprint density at radius 2 is 2.23 bits per heavy atom. The molecule has 2 aromatic rings. The number of hydrogen-bond donors (Lipinski definition) is 1. The molecule has 0 aliphatic carbocycles. The third-order valence-corrected chi connectivity index (χ3v) is 6.28. The lowest BCUT2D eigenvalue weighted by atomic mass is 10.0. The fourth-order valence-corrected chi connectivity index (χ4v) is 5.25. The summed E-state index contributed by atoms with van der Waals surface area (Å²) in [6, 6.07) is 7.38. The van der Waals surface area contributed by atoms with Crippen molar-refractivity contribution in [2.24, 2.45) is 0 Å². The average Bonchev–Trinajstić information content (AvgIpc) is 2.96. The highest BCUT2D eigenvalue weighted by Gasteiger charge is 2.39. The van der Waals surface area contributed by atoms with Crippen molar-refractivity contribution < 1.29 is 17.6 Å². The van der Waals surface area contributed by atoms with Gasteiger partial charge in [0.25, 0.3) is 5.22 Å². The summed E-state index contributed by atoms with van der Waals surface area (Å²) in [5.74, 6) is 0.0518. The van der Waals surface area contributed by atoms with Crippen LogP contribution in [0.4, 0.5) is 0 Å². The van der Waals surface area contributed by atoms with Gasteiger partial charge >= 0.3 is 0 Å². The Morgan fingerprint density at radius 3 is 2.91 bits per heavy atom. The Kier molecular flexibility index (Phi) is 3.90. The highest BCUT2D eigenvalue weighted by atomic mass is 32.2. The van der Waals surface area contributed by atoms with E-state index in [2.05, 4.69) is 10.3 Å². The van der Waals surface area contributed by atoms with Gasteiger partial charge in [0.15, 0.2) is 15.4 Å². The average molecular weight is 340 g/mol. The number of nitrogens with one attached hydrogen (secondary N) is 1. The number of sulfone groups is 1. The van der Waals surface area contributed by atoms with Crippen LogP contribution < -0.4 is 5.32 Å². The van der Waals surface area contributed by atoms with Crippen LogP contribution in [0.2, 0.25) is 0 Å². The fraction of sp³-hybridized carbons (Fsp3) is 0.429. The number of nitrogens with zero attached hydrogens (tertiary/aromatic N) is 1. The number of benzene rings is 1. The van der Waals surface area contributed by atoms with Gasteiger partial charge in [0.2, 0.25) is 5.91 Å². The maximum Gasteiger partial charge on any atom is 0.257 e. The minimum absolute atomic E-state index is 0.000700. The van der Waals surface area contributed by atoms with Crippen LogP contribution in [0, 0.1) is 0 Å². The number of oxazole rings is 1. The molecule has 118 valence electrons. The molecule has 1 aliphatic rings. The number of fused-ring (bicyclic) bond motifs is 1. The lowest BCUT2D eigenvalue weighted by Gasteiger charge is -2.23. The van der Waals surface area contributed by atoms with Crippen molar-refractivity contribution in [2.75, 3.05) is 17.3 Å². The summed E-state index contributed by atoms with van der Waals surface area (Å²) in [4.78, 5) is 16.3. The normalized spacial score (nSPS) is 23.7. The molecule has 1 atom stereocenters. The van der Waals surface area contributed by atoms with Crippen LogP contribution in [0.15, 0.2) is 33.9 Å². The molecule has 0 spiro atoms. The molecule has 1 amide bonds. The molecule has 1 saturated heterocycles. The molecule has 6 nitrogen and oxygen atoms in total. The zero-order chi connectivity index (χ0) is 15.8. The van der Waals surface area contributed by atoms with Gasteiger partial charge in [-0.1, -0.05) is 23.9 Å². The van der Waals surface area contributed by atoms with Gasteiger partial charge in [-0.25, -0.2) is 13.4 Å². The molecule has 1 aliphatic heterocycles. The molecule has 0 bridgehead atoms. The molecule has 2 heterocycles. The van der Waals surface area contributed by atoms with Crippen molar-refractivity contribution in [1.29, 1.82) is 0 Å². The Morgan fingerprint density at radius 1 is 1.45 bits per heavy atom. The topological polar surface area (TPSA) is 89.3 Å². The van der Waals surface area contributed by atoms with E-state index >= 15 is 0 Å². The van der Waals surface area contributed by atoms with E-state index in [0.717, 1.165) is 5.52 Å². The second kappa shape index (κ2) is 5.58. The number of thioether (sulfide) groups is 1. The van der Waals surface area contributed by atoms with Gasteiger partial charge in [0.1, 0.15) is 5.52 Å². The minimum Gasteiger partial charge on any atom is -0.431 e. The summed E-state index contributed by atoms with van der Waals surface area (Å²) < 4.78 is 28.6.